The molecule has 1 nitrogen and oxygen atoms in total. The Kier molecular flexibility index (Phi) is 5.70. The second-order valence-corrected chi connectivity index (χ2v) is 3.03. The van der Waals surface area contributed by atoms with E-state index in [1.165, 1.54) is 12.8 Å². The van der Waals surface area contributed by atoms with E-state index in [0.717, 1.165) is 6.61 Å². The summed E-state index contributed by atoms with van der Waals surface area (Å²) in [6.45, 7) is 9.55. The number of hydrogen-bond donors (Lipinski definition) is 0. The molecule has 0 aliphatic carbocycles. The summed E-state index contributed by atoms with van der Waals surface area (Å²) in [7, 11) is 0. The summed E-state index contributed by atoms with van der Waals surface area (Å²) >= 11 is 0. The highest BCUT2D eigenvalue weighted by molar-refractivity contribution is 4.60. The topological polar surface area (TPSA) is 9.23 Å². The molecule has 0 spiro atoms. The first-order valence-corrected chi connectivity index (χ1v) is 4.33. The van der Waals surface area contributed by atoms with Gasteiger partial charge in [-0.25, -0.2) is 0 Å². The minimum Gasteiger partial charge on any atom is -0.378 e. The van der Waals surface area contributed by atoms with Gasteiger partial charge in [0, 0.05) is 6.61 Å². The third kappa shape index (κ3) is 3.89. The molecule has 62 valence electrons. The first kappa shape index (κ1) is 9.96. The zero-order valence-corrected chi connectivity index (χ0v) is 7.68. The Morgan fingerprint density at radius 1 is 1.20 bits per heavy atom. The summed E-state index contributed by atoms with van der Waals surface area (Å²) in [4.78, 5) is 0. The van der Waals surface area contributed by atoms with Crippen LogP contribution in [0.25, 0.3) is 0 Å². The van der Waals surface area contributed by atoms with E-state index in [2.05, 4.69) is 27.7 Å². The second kappa shape index (κ2) is 5.72. The normalized spacial score (nSPS) is 14.1. The summed E-state index contributed by atoms with van der Waals surface area (Å²) < 4.78 is 5.54. The van der Waals surface area contributed by atoms with Gasteiger partial charge in [0.25, 0.3) is 0 Å². The predicted molar refractivity (Wildman–Crippen MR) is 45.2 cm³/mol. The van der Waals surface area contributed by atoms with E-state index in [1.807, 2.05) is 0 Å². The highest BCUT2D eigenvalue weighted by atomic mass is 16.5. The number of hydrogen-bond acceptors (Lipinski definition) is 1. The van der Waals surface area contributed by atoms with Crippen LogP contribution in [0.2, 0.25) is 0 Å². The maximum Gasteiger partial charge on any atom is 0.0597 e. The summed E-state index contributed by atoms with van der Waals surface area (Å²) in [5, 5.41) is 0. The van der Waals surface area contributed by atoms with Crippen LogP contribution < -0.4 is 0 Å². The molecule has 0 radical (unpaired) electrons. The van der Waals surface area contributed by atoms with Crippen molar-refractivity contribution in [1.82, 2.24) is 0 Å². The van der Waals surface area contributed by atoms with E-state index in [9.17, 15) is 0 Å². The Hall–Kier alpha value is -0.0400. The van der Waals surface area contributed by atoms with E-state index >= 15 is 0 Å². The van der Waals surface area contributed by atoms with Crippen molar-refractivity contribution in [1.29, 1.82) is 0 Å². The lowest BCUT2D eigenvalue weighted by Crippen LogP contribution is -2.19. The molecule has 0 aromatic heterocycles. The fourth-order valence-electron chi connectivity index (χ4n) is 1.11. The summed E-state index contributed by atoms with van der Waals surface area (Å²) in [6, 6.07) is 0. The molecule has 0 saturated carbocycles. The Labute approximate surface area is 64.8 Å². The first-order valence-electron chi connectivity index (χ1n) is 4.33. The van der Waals surface area contributed by atoms with Gasteiger partial charge >= 0.3 is 0 Å². The number of rotatable bonds is 5. The van der Waals surface area contributed by atoms with Crippen LogP contribution in [-0.4, -0.2) is 12.7 Å². The van der Waals surface area contributed by atoms with Crippen molar-refractivity contribution in [2.75, 3.05) is 6.61 Å². The zero-order chi connectivity index (χ0) is 7.98. The second-order valence-electron chi connectivity index (χ2n) is 3.03. The van der Waals surface area contributed by atoms with Crippen LogP contribution in [-0.2, 0) is 4.74 Å². The van der Waals surface area contributed by atoms with Crippen molar-refractivity contribution >= 4 is 0 Å². The third-order valence-electron chi connectivity index (χ3n) is 1.70. The van der Waals surface area contributed by atoms with Crippen molar-refractivity contribution < 1.29 is 4.74 Å². The largest absolute Gasteiger partial charge is 0.378 e. The molecule has 0 aromatic rings. The molecule has 0 heterocycles. The monoisotopic (exact) mass is 144 g/mol. The standard InChI is InChI=1S/C9H20O/c1-5-7-9(8(3)4)10-6-2/h8-9H,5-7H2,1-4H3. The van der Waals surface area contributed by atoms with E-state index in [4.69, 9.17) is 4.74 Å². The molecule has 0 aromatic carbocycles. The van der Waals surface area contributed by atoms with Crippen LogP contribution in [0.4, 0.5) is 0 Å². The molecule has 0 aliphatic heterocycles. The highest BCUT2D eigenvalue weighted by Crippen LogP contribution is 2.11. The van der Waals surface area contributed by atoms with E-state index in [0.29, 0.717) is 12.0 Å². The Morgan fingerprint density at radius 2 is 1.80 bits per heavy atom. The van der Waals surface area contributed by atoms with Gasteiger partial charge in [-0.05, 0) is 19.3 Å². The van der Waals surface area contributed by atoms with Gasteiger partial charge in [-0.2, -0.15) is 0 Å². The summed E-state index contributed by atoms with van der Waals surface area (Å²) in [6.07, 6.45) is 2.91. The van der Waals surface area contributed by atoms with Crippen molar-refractivity contribution in [3.63, 3.8) is 0 Å². The zero-order valence-electron chi connectivity index (χ0n) is 7.68. The molecule has 0 saturated heterocycles. The SMILES string of the molecule is CCCC(OCC)C(C)C. The Bertz CT molecular complexity index is 63.1. The Morgan fingerprint density at radius 3 is 2.10 bits per heavy atom. The van der Waals surface area contributed by atoms with Gasteiger partial charge in [-0.3, -0.25) is 0 Å². The van der Waals surface area contributed by atoms with Gasteiger partial charge in [0.15, 0.2) is 0 Å². The van der Waals surface area contributed by atoms with Gasteiger partial charge in [0.05, 0.1) is 6.10 Å². The molecule has 1 heteroatoms. The minimum absolute atomic E-state index is 0.481. The van der Waals surface area contributed by atoms with Gasteiger partial charge in [-0.1, -0.05) is 27.2 Å². The fourth-order valence-corrected chi connectivity index (χ4v) is 1.11. The van der Waals surface area contributed by atoms with E-state index < -0.39 is 0 Å². The molecule has 0 N–H and O–H groups in total. The molecule has 0 rings (SSSR count). The summed E-state index contributed by atoms with van der Waals surface area (Å²) in [5.74, 6) is 0.667. The average molecular weight is 144 g/mol. The maximum atomic E-state index is 5.54. The molecular weight excluding hydrogens is 124 g/mol. The van der Waals surface area contributed by atoms with Crippen LogP contribution in [0.15, 0.2) is 0 Å². The van der Waals surface area contributed by atoms with Crippen molar-refractivity contribution in [2.45, 2.75) is 46.6 Å². The van der Waals surface area contributed by atoms with Gasteiger partial charge < -0.3 is 4.74 Å². The molecule has 0 fully saturated rings. The van der Waals surface area contributed by atoms with Crippen LogP contribution >= 0.6 is 0 Å². The van der Waals surface area contributed by atoms with Crippen molar-refractivity contribution in [3.8, 4) is 0 Å². The smallest absolute Gasteiger partial charge is 0.0597 e. The fraction of sp³-hybridized carbons (Fsp3) is 1.00. The van der Waals surface area contributed by atoms with Crippen LogP contribution in [0, 0.1) is 5.92 Å². The molecule has 0 amide bonds. The van der Waals surface area contributed by atoms with Crippen LogP contribution in [0.3, 0.4) is 0 Å². The molecule has 0 aliphatic rings. The number of ether oxygens (including phenoxy) is 1. The molecule has 1 unspecified atom stereocenters. The van der Waals surface area contributed by atoms with Crippen molar-refractivity contribution in [3.05, 3.63) is 0 Å². The maximum absolute atomic E-state index is 5.54. The third-order valence-corrected chi connectivity index (χ3v) is 1.70. The molecule has 0 bridgehead atoms. The molecular formula is C9H20O. The van der Waals surface area contributed by atoms with Crippen LogP contribution in [0.5, 0.6) is 0 Å². The van der Waals surface area contributed by atoms with Crippen LogP contribution in [0.1, 0.15) is 40.5 Å². The van der Waals surface area contributed by atoms with Gasteiger partial charge in [0.2, 0.25) is 0 Å². The summed E-state index contributed by atoms with van der Waals surface area (Å²) in [5.41, 5.74) is 0. The first-order chi connectivity index (χ1) is 4.72. The molecule has 10 heavy (non-hydrogen) atoms. The lowest BCUT2D eigenvalue weighted by atomic mass is 10.0. The quantitative estimate of drug-likeness (QED) is 0.576. The predicted octanol–water partition coefficient (Wildman–Crippen LogP) is 2.85. The lowest BCUT2D eigenvalue weighted by molar-refractivity contribution is 0.0244. The van der Waals surface area contributed by atoms with Gasteiger partial charge in [0.1, 0.15) is 0 Å². The highest BCUT2D eigenvalue weighted by Gasteiger charge is 2.10. The average Bonchev–Trinajstić information content (AvgIpc) is 1.87. The van der Waals surface area contributed by atoms with E-state index in [1.54, 1.807) is 0 Å². The lowest BCUT2D eigenvalue weighted by Gasteiger charge is -2.19. The molecule has 1 atom stereocenters. The van der Waals surface area contributed by atoms with E-state index in [-0.39, 0.29) is 0 Å². The minimum atomic E-state index is 0.481. The van der Waals surface area contributed by atoms with Gasteiger partial charge in [-0.15, -0.1) is 0 Å². The Balaban J connectivity index is 3.50. The van der Waals surface area contributed by atoms with Crippen molar-refractivity contribution in [2.24, 2.45) is 5.92 Å².